The number of halogens is 2. The highest BCUT2D eigenvalue weighted by atomic mass is 35.5. The summed E-state index contributed by atoms with van der Waals surface area (Å²) >= 11 is 12.5. The van der Waals surface area contributed by atoms with Crippen LogP contribution in [0.25, 0.3) is 55.3 Å². The molecule has 0 spiro atoms. The number of methoxy groups -OCH3 is 4. The summed E-state index contributed by atoms with van der Waals surface area (Å²) in [5.74, 6) is 1.78. The topological polar surface area (TPSA) is 103 Å². The smallest absolute Gasteiger partial charge is 0.166 e. The maximum Gasteiger partial charge on any atom is 0.166 e. The molecule has 2 aromatic heterocycles. The highest BCUT2D eigenvalue weighted by Crippen LogP contribution is 2.52. The van der Waals surface area contributed by atoms with Crippen LogP contribution >= 0.6 is 23.2 Å². The molecule has 0 atom stereocenters. The van der Waals surface area contributed by atoms with Gasteiger partial charge in [0.2, 0.25) is 0 Å². The van der Waals surface area contributed by atoms with E-state index in [-0.39, 0.29) is 0 Å². The van der Waals surface area contributed by atoms with E-state index in [0.717, 1.165) is 29.3 Å². The number of aldehydes is 2. The Balaban J connectivity index is 1.83. The van der Waals surface area contributed by atoms with E-state index in [1.54, 1.807) is 57.7 Å². The number of aromatic nitrogens is 2. The van der Waals surface area contributed by atoms with Crippen molar-refractivity contribution in [2.45, 2.75) is 0 Å². The number of H-pyrrole nitrogens is 2. The molecule has 0 bridgehead atoms. The van der Waals surface area contributed by atoms with Crippen molar-refractivity contribution in [2.75, 3.05) is 28.4 Å². The third-order valence-corrected chi connectivity index (χ3v) is 8.21. The van der Waals surface area contributed by atoms with Crippen LogP contribution in [0, 0.1) is 0 Å². The Kier molecular flexibility index (Phi) is 7.71. The first-order chi connectivity index (χ1) is 21.4. The van der Waals surface area contributed by atoms with Gasteiger partial charge in [0.05, 0.1) is 72.8 Å². The van der Waals surface area contributed by atoms with Crippen LogP contribution in [0.2, 0.25) is 10.0 Å². The summed E-state index contributed by atoms with van der Waals surface area (Å²) in [6, 6.07) is 18.0. The number of ether oxygens (including phenoxy) is 4. The van der Waals surface area contributed by atoms with Crippen molar-refractivity contribution in [3.63, 3.8) is 0 Å². The maximum absolute atomic E-state index is 12.5. The van der Waals surface area contributed by atoms with E-state index in [9.17, 15) is 9.59 Å². The van der Waals surface area contributed by atoms with Crippen molar-refractivity contribution >= 4 is 57.6 Å². The highest BCUT2D eigenvalue weighted by Gasteiger charge is 2.29. The second-order valence-electron chi connectivity index (χ2n) is 9.89. The monoisotopic (exact) mass is 628 g/mol. The van der Waals surface area contributed by atoms with Gasteiger partial charge in [-0.25, -0.2) is 0 Å². The number of carbonyl (C=O) groups is 2. The summed E-state index contributed by atoms with van der Waals surface area (Å²) in [5, 5.41) is 2.44. The average molecular weight is 629 g/mol. The normalized spacial score (nSPS) is 11.1. The SMILES string of the molecule is COc1cc(OC)c2c(-c3ccc(Cl)cc3)c(-c3c(OC)cc(OC)c4c(-c5ccc(Cl)cc5)c(C=O)[nH]c34)[nH]c2c1C=O. The van der Waals surface area contributed by atoms with Gasteiger partial charge < -0.3 is 28.9 Å². The highest BCUT2D eigenvalue weighted by molar-refractivity contribution is 6.31. The lowest BCUT2D eigenvalue weighted by molar-refractivity contribution is 0.111. The lowest BCUT2D eigenvalue weighted by atomic mass is 9.94. The Morgan fingerprint density at radius 2 is 1.07 bits per heavy atom. The van der Waals surface area contributed by atoms with Crippen LogP contribution in [0.4, 0.5) is 0 Å². The lowest BCUT2D eigenvalue weighted by Gasteiger charge is -2.15. The molecule has 6 rings (SSSR count). The zero-order valence-corrected chi connectivity index (χ0v) is 25.6. The molecule has 0 fully saturated rings. The van der Waals surface area contributed by atoms with Crippen molar-refractivity contribution < 1.29 is 28.5 Å². The zero-order chi connectivity index (χ0) is 31.1. The Labute approximate surface area is 262 Å². The molecule has 0 aliphatic rings. The largest absolute Gasteiger partial charge is 0.496 e. The van der Waals surface area contributed by atoms with Crippen LogP contribution in [0.15, 0.2) is 60.7 Å². The van der Waals surface area contributed by atoms with Crippen LogP contribution in [-0.2, 0) is 0 Å². The van der Waals surface area contributed by atoms with Crippen LogP contribution in [0.3, 0.4) is 0 Å². The van der Waals surface area contributed by atoms with E-state index in [0.29, 0.717) is 82.9 Å². The van der Waals surface area contributed by atoms with Crippen LogP contribution in [0.5, 0.6) is 23.0 Å². The van der Waals surface area contributed by atoms with E-state index in [4.69, 9.17) is 42.1 Å². The predicted molar refractivity (Wildman–Crippen MR) is 173 cm³/mol. The van der Waals surface area contributed by atoms with Crippen molar-refractivity contribution in [1.29, 1.82) is 0 Å². The average Bonchev–Trinajstić information content (AvgIpc) is 3.63. The van der Waals surface area contributed by atoms with E-state index in [1.807, 2.05) is 24.3 Å². The number of rotatable bonds is 9. The van der Waals surface area contributed by atoms with Crippen LogP contribution in [-0.4, -0.2) is 51.0 Å². The minimum atomic E-state index is 0.315. The van der Waals surface area contributed by atoms with E-state index in [2.05, 4.69) is 9.97 Å². The molecule has 10 heteroatoms. The number of nitrogens with one attached hydrogen (secondary N) is 2. The molecular formula is C34H26Cl2N2O6. The number of carbonyl (C=O) groups excluding carboxylic acids is 2. The molecule has 2 N–H and O–H groups in total. The molecule has 44 heavy (non-hydrogen) atoms. The van der Waals surface area contributed by atoms with Gasteiger partial charge in [0.15, 0.2) is 12.6 Å². The molecule has 0 radical (unpaired) electrons. The van der Waals surface area contributed by atoms with Crippen LogP contribution in [0.1, 0.15) is 20.8 Å². The van der Waals surface area contributed by atoms with E-state index >= 15 is 0 Å². The van der Waals surface area contributed by atoms with Gasteiger partial charge in [-0.1, -0.05) is 47.5 Å². The van der Waals surface area contributed by atoms with Crippen LogP contribution < -0.4 is 18.9 Å². The minimum Gasteiger partial charge on any atom is -0.496 e. The number of hydrogen-bond acceptors (Lipinski definition) is 6. The molecule has 2 heterocycles. The molecule has 222 valence electrons. The fourth-order valence-electron chi connectivity index (χ4n) is 5.79. The van der Waals surface area contributed by atoms with Gasteiger partial charge in [0.25, 0.3) is 0 Å². The summed E-state index contributed by atoms with van der Waals surface area (Å²) in [5.41, 5.74) is 5.86. The van der Waals surface area contributed by atoms with Gasteiger partial charge in [-0.3, -0.25) is 9.59 Å². The van der Waals surface area contributed by atoms with Gasteiger partial charge in [-0.15, -0.1) is 0 Å². The first-order valence-corrected chi connectivity index (χ1v) is 14.2. The second-order valence-corrected chi connectivity index (χ2v) is 10.8. The summed E-state index contributed by atoms with van der Waals surface area (Å²) in [7, 11) is 6.16. The number of fused-ring (bicyclic) bond motifs is 2. The van der Waals surface area contributed by atoms with Gasteiger partial charge in [-0.2, -0.15) is 0 Å². The Morgan fingerprint density at radius 1 is 0.568 bits per heavy atom. The zero-order valence-electron chi connectivity index (χ0n) is 24.1. The fraction of sp³-hybridized carbons (Fsp3) is 0.118. The fourth-order valence-corrected chi connectivity index (χ4v) is 6.05. The molecule has 0 saturated carbocycles. The summed E-state index contributed by atoms with van der Waals surface area (Å²) in [6.45, 7) is 0. The Morgan fingerprint density at radius 3 is 1.57 bits per heavy atom. The van der Waals surface area contributed by atoms with Gasteiger partial charge in [0.1, 0.15) is 23.0 Å². The summed E-state index contributed by atoms with van der Waals surface area (Å²) < 4.78 is 23.2. The van der Waals surface area contributed by atoms with E-state index < -0.39 is 0 Å². The Bertz CT molecular complexity index is 2060. The van der Waals surface area contributed by atoms with E-state index in [1.165, 1.54) is 7.11 Å². The number of hydrogen-bond donors (Lipinski definition) is 2. The van der Waals surface area contributed by atoms with Gasteiger partial charge in [0, 0.05) is 33.3 Å². The molecule has 0 amide bonds. The number of aromatic amines is 2. The minimum absolute atomic E-state index is 0.315. The molecular weight excluding hydrogens is 603 g/mol. The molecule has 0 aliphatic heterocycles. The molecule has 4 aromatic carbocycles. The molecule has 0 aliphatic carbocycles. The van der Waals surface area contributed by atoms with Crippen molar-refractivity contribution in [1.82, 2.24) is 9.97 Å². The van der Waals surface area contributed by atoms with Crippen molar-refractivity contribution in [3.8, 4) is 56.5 Å². The van der Waals surface area contributed by atoms with Gasteiger partial charge in [-0.05, 0) is 35.4 Å². The predicted octanol–water partition coefficient (Wildman–Crippen LogP) is 8.62. The molecule has 8 nitrogen and oxygen atoms in total. The van der Waals surface area contributed by atoms with Gasteiger partial charge >= 0.3 is 0 Å². The third-order valence-electron chi connectivity index (χ3n) is 7.71. The lowest BCUT2D eigenvalue weighted by Crippen LogP contribution is -1.95. The quantitative estimate of drug-likeness (QED) is 0.155. The standard InChI is InChI=1S/C34H26Cl2N2O6/c1-41-23-13-24(42-2)30-28(18-7-11-20(36)12-8-18)33(38-32(30)21(23)15-39)31-26(44-4)14-25(43-3)29-27(22(16-40)37-34(29)31)17-5-9-19(35)10-6-17/h5-16,37-38H,1-4H3. The molecule has 6 aromatic rings. The molecule has 0 unspecified atom stereocenters. The van der Waals surface area contributed by atoms with Crippen molar-refractivity contribution in [2.24, 2.45) is 0 Å². The maximum atomic E-state index is 12.5. The first kappa shape index (κ1) is 29.2. The third kappa shape index (κ3) is 4.54. The number of benzene rings is 4. The van der Waals surface area contributed by atoms with Crippen molar-refractivity contribution in [3.05, 3.63) is 82.0 Å². The summed E-state index contributed by atoms with van der Waals surface area (Å²) in [6.07, 6.45) is 1.51. The molecule has 0 saturated heterocycles. The summed E-state index contributed by atoms with van der Waals surface area (Å²) in [4.78, 5) is 31.8. The second kappa shape index (κ2) is 11.6. The Hall–Kier alpha value is -4.92. The first-order valence-electron chi connectivity index (χ1n) is 13.4.